The lowest BCUT2D eigenvalue weighted by Gasteiger charge is -2.14. The van der Waals surface area contributed by atoms with Crippen molar-refractivity contribution in [3.8, 4) is 0 Å². The number of nitrogens with two attached hydrogens (primary N) is 1. The fourth-order valence-corrected chi connectivity index (χ4v) is 2.93. The average Bonchev–Trinajstić information content (AvgIpc) is 3.04. The number of hydrogen-bond acceptors (Lipinski definition) is 6. The van der Waals surface area contributed by atoms with Gasteiger partial charge in [0.05, 0.1) is 17.4 Å². The Balaban J connectivity index is 1.75. The van der Waals surface area contributed by atoms with E-state index in [-0.39, 0.29) is 11.9 Å². The van der Waals surface area contributed by atoms with Crippen LogP contribution >= 0.6 is 11.3 Å². The lowest BCUT2D eigenvalue weighted by molar-refractivity contribution is 0.0933. The number of H-pyrrole nitrogens is 1. The van der Waals surface area contributed by atoms with E-state index in [9.17, 15) is 4.79 Å². The SMILES string of the molecule is CC(NC(=O)c1n[nH]c2c1CCNC2)c1csc(N)n1. The second kappa shape index (κ2) is 5.22. The number of anilines is 1. The summed E-state index contributed by atoms with van der Waals surface area (Å²) in [5.74, 6) is -0.177. The number of nitrogens with one attached hydrogen (secondary N) is 3. The van der Waals surface area contributed by atoms with Crippen molar-refractivity contribution in [1.82, 2.24) is 25.8 Å². The third-order valence-corrected chi connectivity index (χ3v) is 4.04. The van der Waals surface area contributed by atoms with Gasteiger partial charge >= 0.3 is 0 Å². The number of amides is 1. The summed E-state index contributed by atoms with van der Waals surface area (Å²) in [5, 5.41) is 15.5. The number of aromatic amines is 1. The van der Waals surface area contributed by atoms with Gasteiger partial charge in [0.1, 0.15) is 0 Å². The van der Waals surface area contributed by atoms with Crippen molar-refractivity contribution in [2.45, 2.75) is 25.9 Å². The molecule has 0 spiro atoms. The first-order chi connectivity index (χ1) is 9.65. The Morgan fingerprint density at radius 1 is 1.60 bits per heavy atom. The zero-order valence-electron chi connectivity index (χ0n) is 11.1. The molecule has 1 atom stereocenters. The van der Waals surface area contributed by atoms with Gasteiger partial charge in [-0.05, 0) is 19.9 Å². The maximum absolute atomic E-state index is 12.3. The molecular weight excluding hydrogens is 276 g/mol. The van der Waals surface area contributed by atoms with Crippen molar-refractivity contribution < 1.29 is 4.79 Å². The van der Waals surface area contributed by atoms with E-state index in [0.717, 1.165) is 36.5 Å². The predicted octanol–water partition coefficient (Wildman–Crippen LogP) is 0.585. The highest BCUT2D eigenvalue weighted by Crippen LogP contribution is 2.20. The summed E-state index contributed by atoms with van der Waals surface area (Å²) in [5.41, 5.74) is 8.85. The van der Waals surface area contributed by atoms with Gasteiger partial charge in [-0.2, -0.15) is 5.10 Å². The topological polar surface area (TPSA) is 109 Å². The van der Waals surface area contributed by atoms with Crippen molar-refractivity contribution >= 4 is 22.4 Å². The number of rotatable bonds is 3. The summed E-state index contributed by atoms with van der Waals surface area (Å²) in [4.78, 5) is 16.5. The minimum Gasteiger partial charge on any atom is -0.375 e. The van der Waals surface area contributed by atoms with E-state index in [1.165, 1.54) is 11.3 Å². The molecule has 8 heteroatoms. The summed E-state index contributed by atoms with van der Waals surface area (Å²) >= 11 is 1.37. The molecule has 0 bridgehead atoms. The molecule has 0 aliphatic carbocycles. The van der Waals surface area contributed by atoms with Crippen LogP contribution in [0.15, 0.2) is 5.38 Å². The first-order valence-corrected chi connectivity index (χ1v) is 7.31. The molecule has 1 aliphatic heterocycles. The molecule has 3 heterocycles. The molecule has 20 heavy (non-hydrogen) atoms. The Morgan fingerprint density at radius 2 is 2.45 bits per heavy atom. The second-order valence-electron chi connectivity index (χ2n) is 4.76. The van der Waals surface area contributed by atoms with Crippen LogP contribution in [-0.2, 0) is 13.0 Å². The Hall–Kier alpha value is -1.93. The van der Waals surface area contributed by atoms with E-state index in [4.69, 9.17) is 5.73 Å². The number of carbonyl (C=O) groups excluding carboxylic acids is 1. The largest absolute Gasteiger partial charge is 0.375 e. The second-order valence-corrected chi connectivity index (χ2v) is 5.65. The predicted molar refractivity (Wildman–Crippen MR) is 76.4 cm³/mol. The molecule has 0 radical (unpaired) electrons. The minimum absolute atomic E-state index is 0.177. The van der Waals surface area contributed by atoms with Gasteiger partial charge in [-0.3, -0.25) is 9.89 Å². The van der Waals surface area contributed by atoms with E-state index in [1.54, 1.807) is 0 Å². The van der Waals surface area contributed by atoms with Gasteiger partial charge in [0, 0.05) is 17.5 Å². The van der Waals surface area contributed by atoms with Crippen LogP contribution in [0.25, 0.3) is 0 Å². The van der Waals surface area contributed by atoms with Crippen molar-refractivity contribution in [3.05, 3.63) is 28.0 Å². The highest BCUT2D eigenvalue weighted by atomic mass is 32.1. The third-order valence-electron chi connectivity index (χ3n) is 3.35. The first-order valence-electron chi connectivity index (χ1n) is 6.43. The summed E-state index contributed by atoms with van der Waals surface area (Å²) in [7, 11) is 0. The maximum atomic E-state index is 12.3. The Kier molecular flexibility index (Phi) is 3.41. The minimum atomic E-state index is -0.190. The van der Waals surface area contributed by atoms with Crippen LogP contribution in [0.1, 0.15) is 40.4 Å². The smallest absolute Gasteiger partial charge is 0.272 e. The van der Waals surface area contributed by atoms with Crippen LogP contribution in [0.3, 0.4) is 0 Å². The maximum Gasteiger partial charge on any atom is 0.272 e. The van der Waals surface area contributed by atoms with Crippen molar-refractivity contribution in [1.29, 1.82) is 0 Å². The highest BCUT2D eigenvalue weighted by molar-refractivity contribution is 7.13. The number of thiazole rings is 1. The summed E-state index contributed by atoms with van der Waals surface area (Å²) in [6, 6.07) is -0.190. The van der Waals surface area contributed by atoms with Gasteiger partial charge in [-0.1, -0.05) is 0 Å². The standard InChI is InChI=1S/C12H16N6OS/c1-6(9-5-20-12(13)16-9)15-11(19)10-7-2-3-14-4-8(7)17-18-10/h5-6,14H,2-4H2,1H3,(H2,13,16)(H,15,19)(H,17,18). The molecule has 1 aliphatic rings. The number of nitrogens with zero attached hydrogens (tertiary/aromatic N) is 2. The first kappa shape index (κ1) is 13.1. The van der Waals surface area contributed by atoms with Crippen molar-refractivity contribution in [3.63, 3.8) is 0 Å². The van der Waals surface area contributed by atoms with Gasteiger partial charge < -0.3 is 16.4 Å². The van der Waals surface area contributed by atoms with Gasteiger partial charge in [-0.25, -0.2) is 4.98 Å². The molecule has 0 saturated carbocycles. The Labute approximate surface area is 120 Å². The monoisotopic (exact) mass is 292 g/mol. The summed E-state index contributed by atoms with van der Waals surface area (Å²) in [6.45, 7) is 3.48. The zero-order chi connectivity index (χ0) is 14.1. The van der Waals surface area contributed by atoms with Crippen molar-refractivity contribution in [2.75, 3.05) is 12.3 Å². The normalized spacial score (nSPS) is 15.7. The average molecular weight is 292 g/mol. The van der Waals surface area contributed by atoms with E-state index < -0.39 is 0 Å². The molecule has 2 aromatic rings. The third kappa shape index (κ3) is 2.39. The highest BCUT2D eigenvalue weighted by Gasteiger charge is 2.23. The Bertz CT molecular complexity index is 634. The molecule has 1 amide bonds. The van der Waals surface area contributed by atoms with Crippen LogP contribution in [0.5, 0.6) is 0 Å². The molecule has 3 rings (SSSR count). The van der Waals surface area contributed by atoms with Crippen LogP contribution in [0.2, 0.25) is 0 Å². The number of aromatic nitrogens is 3. The summed E-state index contributed by atoms with van der Waals surface area (Å²) < 4.78 is 0. The van der Waals surface area contributed by atoms with Crippen molar-refractivity contribution in [2.24, 2.45) is 0 Å². The van der Waals surface area contributed by atoms with Crippen LogP contribution < -0.4 is 16.4 Å². The molecule has 0 saturated heterocycles. The fourth-order valence-electron chi connectivity index (χ4n) is 2.27. The van der Waals surface area contributed by atoms with Crippen LogP contribution in [0, 0.1) is 0 Å². The zero-order valence-corrected chi connectivity index (χ0v) is 11.9. The van der Waals surface area contributed by atoms with Gasteiger partial charge in [0.2, 0.25) is 0 Å². The number of nitrogen functional groups attached to an aromatic ring is 1. The molecule has 2 aromatic heterocycles. The molecule has 7 nitrogen and oxygen atoms in total. The lowest BCUT2D eigenvalue weighted by Crippen LogP contribution is -2.30. The molecule has 106 valence electrons. The quantitative estimate of drug-likeness (QED) is 0.662. The number of hydrogen-bond donors (Lipinski definition) is 4. The molecule has 0 aromatic carbocycles. The van der Waals surface area contributed by atoms with E-state index in [0.29, 0.717) is 10.8 Å². The molecule has 5 N–H and O–H groups in total. The van der Waals surface area contributed by atoms with Gasteiger partial charge in [0.15, 0.2) is 10.8 Å². The number of carbonyl (C=O) groups is 1. The molecule has 1 unspecified atom stereocenters. The van der Waals surface area contributed by atoms with Gasteiger partial charge in [0.25, 0.3) is 5.91 Å². The van der Waals surface area contributed by atoms with Crippen LogP contribution in [0.4, 0.5) is 5.13 Å². The fraction of sp³-hybridized carbons (Fsp3) is 0.417. The molecular formula is C12H16N6OS. The molecule has 0 fully saturated rings. The number of fused-ring (bicyclic) bond motifs is 1. The Morgan fingerprint density at radius 3 is 3.20 bits per heavy atom. The lowest BCUT2D eigenvalue weighted by atomic mass is 10.1. The van der Waals surface area contributed by atoms with Crippen LogP contribution in [-0.4, -0.2) is 27.6 Å². The van der Waals surface area contributed by atoms with E-state index in [1.807, 2.05) is 12.3 Å². The summed E-state index contributed by atoms with van der Waals surface area (Å²) in [6.07, 6.45) is 0.812. The van der Waals surface area contributed by atoms with E-state index in [2.05, 4.69) is 25.8 Å². The van der Waals surface area contributed by atoms with Gasteiger partial charge in [-0.15, -0.1) is 11.3 Å². The van der Waals surface area contributed by atoms with E-state index >= 15 is 0 Å².